The van der Waals surface area contributed by atoms with E-state index in [9.17, 15) is 0 Å². The number of aromatic nitrogens is 1. The molecule has 1 fully saturated rings. The first kappa shape index (κ1) is 23.7. The van der Waals surface area contributed by atoms with Crippen molar-refractivity contribution in [1.82, 2.24) is 10.3 Å². The van der Waals surface area contributed by atoms with Crippen LogP contribution in [0.4, 0.5) is 5.69 Å². The third-order valence-electron chi connectivity index (χ3n) is 5.71. The van der Waals surface area contributed by atoms with Gasteiger partial charge in [-0.2, -0.15) is 0 Å². The second-order valence-electron chi connectivity index (χ2n) is 8.49. The van der Waals surface area contributed by atoms with Gasteiger partial charge in [-0.1, -0.05) is 29.3 Å². The van der Waals surface area contributed by atoms with E-state index in [0.29, 0.717) is 20.9 Å². The van der Waals surface area contributed by atoms with Crippen LogP contribution in [0, 0.1) is 0 Å². The molecule has 0 saturated carbocycles. The minimum atomic E-state index is -0.259. The molecule has 0 bridgehead atoms. The highest BCUT2D eigenvalue weighted by molar-refractivity contribution is 7.80. The van der Waals surface area contributed by atoms with Gasteiger partial charge in [0.25, 0.3) is 0 Å². The smallest absolute Gasteiger partial charge is 0.174 e. The third-order valence-corrected chi connectivity index (χ3v) is 6.76. The van der Waals surface area contributed by atoms with E-state index in [1.165, 1.54) is 0 Å². The molecule has 178 valence electrons. The lowest BCUT2D eigenvalue weighted by Crippen LogP contribution is -2.29. The number of thiocarbonyl (C=S) groups is 1. The van der Waals surface area contributed by atoms with Crippen LogP contribution in [0.3, 0.4) is 0 Å². The maximum Gasteiger partial charge on any atom is 0.174 e. The van der Waals surface area contributed by atoms with Gasteiger partial charge in [-0.05, 0) is 92.8 Å². The van der Waals surface area contributed by atoms with Gasteiger partial charge in [-0.3, -0.25) is 4.98 Å². The Morgan fingerprint density at radius 2 is 1.80 bits per heavy atom. The van der Waals surface area contributed by atoms with Crippen molar-refractivity contribution in [2.45, 2.75) is 32.0 Å². The van der Waals surface area contributed by atoms with E-state index < -0.39 is 0 Å². The molecule has 1 saturated heterocycles. The number of halogens is 2. The number of hydrogen-bond acceptors (Lipinski definition) is 4. The largest absolute Gasteiger partial charge is 0.491 e. The van der Waals surface area contributed by atoms with E-state index in [0.717, 1.165) is 28.5 Å². The quantitative estimate of drug-likeness (QED) is 0.262. The Morgan fingerprint density at radius 1 is 1.00 bits per heavy atom. The first-order valence-electron chi connectivity index (χ1n) is 11.2. The van der Waals surface area contributed by atoms with Gasteiger partial charge in [-0.15, -0.1) is 0 Å². The van der Waals surface area contributed by atoms with E-state index in [-0.39, 0.29) is 18.2 Å². The van der Waals surface area contributed by atoms with Crippen molar-refractivity contribution >= 4 is 46.2 Å². The number of nitrogens with zero attached hydrogens (tertiary/aromatic N) is 2. The van der Waals surface area contributed by atoms with Gasteiger partial charge < -0.3 is 19.4 Å². The first-order chi connectivity index (χ1) is 16.9. The molecule has 35 heavy (non-hydrogen) atoms. The van der Waals surface area contributed by atoms with E-state index in [1.54, 1.807) is 18.3 Å². The van der Waals surface area contributed by atoms with Crippen molar-refractivity contribution in [3.8, 4) is 17.1 Å². The van der Waals surface area contributed by atoms with Crippen LogP contribution >= 0.6 is 35.4 Å². The van der Waals surface area contributed by atoms with Crippen LogP contribution in [0.5, 0.6) is 5.75 Å². The summed E-state index contributed by atoms with van der Waals surface area (Å²) in [6, 6.07) is 22.6. The zero-order valence-electron chi connectivity index (χ0n) is 19.1. The van der Waals surface area contributed by atoms with Crippen molar-refractivity contribution in [3.05, 3.63) is 100 Å². The Bertz CT molecular complexity index is 1340. The number of nitrogens with one attached hydrogen (secondary N) is 1. The molecule has 1 N–H and O–H groups in total. The molecule has 8 heteroatoms. The molecule has 2 atom stereocenters. The summed E-state index contributed by atoms with van der Waals surface area (Å²) in [5, 5.41) is 5.01. The minimum Gasteiger partial charge on any atom is -0.491 e. The number of ether oxygens (including phenoxy) is 1. The predicted octanol–water partition coefficient (Wildman–Crippen LogP) is 7.61. The zero-order chi connectivity index (χ0) is 24.5. The molecule has 3 heterocycles. The number of benzene rings is 2. The normalized spacial score (nSPS) is 17.6. The van der Waals surface area contributed by atoms with Crippen LogP contribution in [0.1, 0.15) is 37.4 Å². The fraction of sp³-hybridized carbons (Fsp3) is 0.185. The molecule has 0 spiro atoms. The second kappa shape index (κ2) is 9.90. The molecule has 0 radical (unpaired) electrons. The van der Waals surface area contributed by atoms with E-state index in [4.69, 9.17) is 44.6 Å². The molecule has 0 aliphatic carbocycles. The van der Waals surface area contributed by atoms with E-state index in [2.05, 4.69) is 15.2 Å². The first-order valence-corrected chi connectivity index (χ1v) is 12.4. The fourth-order valence-electron chi connectivity index (χ4n) is 4.20. The molecule has 5 nitrogen and oxygen atoms in total. The fourth-order valence-corrected chi connectivity index (χ4v) is 4.84. The standard InChI is InChI=1S/C27H23Cl2N3O2S/c1-16(2)33-19-9-7-18(8-10-19)32-26(25(31-27(32)35)22-5-3-4-14-30-22)24-13-12-23(34-24)17-6-11-20(28)21(29)15-17/h3-16,25-26H,1-2H3,(H,31,35). The molecular formula is C27H23Cl2N3O2S. The summed E-state index contributed by atoms with van der Waals surface area (Å²) in [4.78, 5) is 6.65. The Labute approximate surface area is 219 Å². The molecular weight excluding hydrogens is 501 g/mol. The van der Waals surface area contributed by atoms with E-state index >= 15 is 0 Å². The average Bonchev–Trinajstić information content (AvgIpc) is 3.46. The van der Waals surface area contributed by atoms with Gasteiger partial charge in [0.1, 0.15) is 23.3 Å². The Balaban J connectivity index is 1.55. The van der Waals surface area contributed by atoms with Gasteiger partial charge in [0, 0.05) is 17.4 Å². The molecule has 4 aromatic rings. The lowest BCUT2D eigenvalue weighted by molar-refractivity contribution is 0.242. The average molecular weight is 524 g/mol. The van der Waals surface area contributed by atoms with Crippen LogP contribution in [0.15, 0.2) is 83.4 Å². The van der Waals surface area contributed by atoms with Gasteiger partial charge in [0.2, 0.25) is 0 Å². The van der Waals surface area contributed by atoms with Crippen molar-refractivity contribution in [1.29, 1.82) is 0 Å². The number of pyridine rings is 1. The Kier molecular flexibility index (Phi) is 6.69. The maximum atomic E-state index is 6.38. The Hall–Kier alpha value is -3.06. The number of hydrogen-bond donors (Lipinski definition) is 1. The molecule has 2 unspecified atom stereocenters. The summed E-state index contributed by atoms with van der Waals surface area (Å²) in [6.45, 7) is 4.01. The summed E-state index contributed by atoms with van der Waals surface area (Å²) in [7, 11) is 0. The summed E-state index contributed by atoms with van der Waals surface area (Å²) >= 11 is 18.1. The highest BCUT2D eigenvalue weighted by Gasteiger charge is 2.42. The summed E-state index contributed by atoms with van der Waals surface area (Å²) < 4.78 is 12.2. The summed E-state index contributed by atoms with van der Waals surface area (Å²) in [5.74, 6) is 2.24. The number of anilines is 1. The summed E-state index contributed by atoms with van der Waals surface area (Å²) in [5.41, 5.74) is 2.64. The Morgan fingerprint density at radius 3 is 2.49 bits per heavy atom. The second-order valence-corrected chi connectivity index (χ2v) is 9.69. The molecule has 1 aliphatic rings. The van der Waals surface area contributed by atoms with Crippen LogP contribution in [-0.2, 0) is 0 Å². The van der Waals surface area contributed by atoms with Crippen LogP contribution in [0.25, 0.3) is 11.3 Å². The lowest BCUT2D eigenvalue weighted by atomic mass is 10.0. The van der Waals surface area contributed by atoms with Crippen LogP contribution in [0.2, 0.25) is 10.0 Å². The highest BCUT2D eigenvalue weighted by Crippen LogP contribution is 2.43. The molecule has 0 amide bonds. The molecule has 5 rings (SSSR count). The topological polar surface area (TPSA) is 50.5 Å². The van der Waals surface area contributed by atoms with Gasteiger partial charge >= 0.3 is 0 Å². The number of rotatable bonds is 6. The van der Waals surface area contributed by atoms with Crippen LogP contribution in [-0.4, -0.2) is 16.2 Å². The minimum absolute atomic E-state index is 0.0968. The van der Waals surface area contributed by atoms with Gasteiger partial charge in [-0.25, -0.2) is 0 Å². The lowest BCUT2D eigenvalue weighted by Gasteiger charge is -2.26. The van der Waals surface area contributed by atoms with Gasteiger partial charge in [0.05, 0.1) is 27.9 Å². The molecule has 2 aromatic carbocycles. The monoisotopic (exact) mass is 523 g/mol. The van der Waals surface area contributed by atoms with Crippen molar-refractivity contribution in [2.24, 2.45) is 0 Å². The van der Waals surface area contributed by atoms with E-state index in [1.807, 2.05) is 74.5 Å². The van der Waals surface area contributed by atoms with Gasteiger partial charge in [0.15, 0.2) is 5.11 Å². The summed E-state index contributed by atoms with van der Waals surface area (Å²) in [6.07, 6.45) is 1.88. The number of furan rings is 1. The van der Waals surface area contributed by atoms with Crippen molar-refractivity contribution in [2.75, 3.05) is 4.90 Å². The highest BCUT2D eigenvalue weighted by atomic mass is 35.5. The predicted molar refractivity (Wildman–Crippen MR) is 144 cm³/mol. The maximum absolute atomic E-state index is 6.38. The third kappa shape index (κ3) is 4.87. The zero-order valence-corrected chi connectivity index (χ0v) is 21.4. The van der Waals surface area contributed by atoms with Crippen molar-refractivity contribution < 1.29 is 9.15 Å². The SMILES string of the molecule is CC(C)Oc1ccc(N2C(=S)NC(c3ccccn3)C2c2ccc(-c3ccc(Cl)c(Cl)c3)o2)cc1. The molecule has 2 aromatic heterocycles. The van der Waals surface area contributed by atoms with Crippen molar-refractivity contribution in [3.63, 3.8) is 0 Å². The molecule has 1 aliphatic heterocycles. The van der Waals surface area contributed by atoms with Crippen LogP contribution < -0.4 is 15.0 Å².